The van der Waals surface area contributed by atoms with Crippen molar-refractivity contribution in [3.63, 3.8) is 0 Å². The van der Waals surface area contributed by atoms with Crippen LogP contribution in [0, 0.1) is 6.92 Å². The van der Waals surface area contributed by atoms with Crippen molar-refractivity contribution in [1.82, 2.24) is 0 Å². The molecular weight excluding hydrogens is 238 g/mol. The third-order valence-corrected chi connectivity index (χ3v) is 3.24. The Morgan fingerprint density at radius 2 is 2.00 bits per heavy atom. The lowest BCUT2D eigenvalue weighted by molar-refractivity contribution is 0.170. The van der Waals surface area contributed by atoms with Gasteiger partial charge in [-0.2, -0.15) is 0 Å². The minimum absolute atomic E-state index is 0.292. The van der Waals surface area contributed by atoms with Crippen LogP contribution in [0.3, 0.4) is 0 Å². The highest BCUT2D eigenvalue weighted by Gasteiger charge is 2.22. The maximum Gasteiger partial charge on any atom is 0.165 e. The van der Waals surface area contributed by atoms with Crippen molar-refractivity contribution in [2.75, 3.05) is 13.2 Å². The van der Waals surface area contributed by atoms with E-state index in [1.807, 2.05) is 26.8 Å². The second-order valence-corrected chi connectivity index (χ2v) is 5.54. The summed E-state index contributed by atoms with van der Waals surface area (Å²) in [7, 11) is 0. The zero-order valence-electron chi connectivity index (χ0n) is 10.5. The summed E-state index contributed by atoms with van der Waals surface area (Å²) in [6.45, 7) is 7.07. The van der Waals surface area contributed by atoms with Crippen LogP contribution in [-0.4, -0.2) is 18.8 Å². The topological polar surface area (TPSA) is 44.5 Å². The molecule has 0 aliphatic carbocycles. The summed E-state index contributed by atoms with van der Waals surface area (Å²) in [5.41, 5.74) is 7.69. The molecule has 1 aromatic rings. The van der Waals surface area contributed by atoms with E-state index in [0.29, 0.717) is 19.6 Å². The van der Waals surface area contributed by atoms with Crippen LogP contribution in [0.25, 0.3) is 0 Å². The van der Waals surface area contributed by atoms with Crippen LogP contribution in [0.4, 0.5) is 0 Å². The Labute approximate surface area is 107 Å². The summed E-state index contributed by atoms with van der Waals surface area (Å²) < 4.78 is 11.2. The van der Waals surface area contributed by atoms with Gasteiger partial charge < -0.3 is 15.2 Å². The van der Waals surface area contributed by atoms with Gasteiger partial charge in [-0.1, -0.05) is 11.6 Å². The first-order chi connectivity index (χ1) is 7.88. The van der Waals surface area contributed by atoms with Gasteiger partial charge >= 0.3 is 0 Å². The van der Waals surface area contributed by atoms with Gasteiger partial charge in [-0.15, -0.1) is 0 Å². The van der Waals surface area contributed by atoms with Gasteiger partial charge in [0.05, 0.1) is 5.02 Å². The summed E-state index contributed by atoms with van der Waals surface area (Å²) >= 11 is 6.35. The Morgan fingerprint density at radius 1 is 1.35 bits per heavy atom. The highest BCUT2D eigenvalue weighted by Crippen LogP contribution is 2.40. The first-order valence-corrected chi connectivity index (χ1v) is 6.13. The summed E-state index contributed by atoms with van der Waals surface area (Å²) in [5, 5.41) is 0.729. The third kappa shape index (κ3) is 2.67. The second-order valence-electron chi connectivity index (χ2n) is 5.16. The van der Waals surface area contributed by atoms with Crippen LogP contribution in [0.15, 0.2) is 6.07 Å². The van der Waals surface area contributed by atoms with Gasteiger partial charge in [-0.05, 0) is 38.8 Å². The highest BCUT2D eigenvalue weighted by molar-refractivity contribution is 6.32. The predicted molar refractivity (Wildman–Crippen MR) is 69.1 cm³/mol. The first-order valence-electron chi connectivity index (χ1n) is 5.75. The van der Waals surface area contributed by atoms with Crippen molar-refractivity contribution in [2.45, 2.75) is 32.7 Å². The SMILES string of the molecule is Cc1c(Cl)c(CC(C)(C)N)cc2c1OCCO2. The average Bonchev–Trinajstić information content (AvgIpc) is 2.24. The molecule has 94 valence electrons. The molecule has 0 saturated carbocycles. The lowest BCUT2D eigenvalue weighted by Crippen LogP contribution is -2.34. The number of hydrogen-bond acceptors (Lipinski definition) is 3. The standard InChI is InChI=1S/C13H18ClNO2/c1-8-11(14)9(7-13(2,3)15)6-10-12(8)17-5-4-16-10/h6H,4-5,7,15H2,1-3H3. The number of fused-ring (bicyclic) bond motifs is 1. The van der Waals surface area contributed by atoms with Crippen molar-refractivity contribution < 1.29 is 9.47 Å². The molecule has 1 heterocycles. The lowest BCUT2D eigenvalue weighted by Gasteiger charge is -2.25. The Hall–Kier alpha value is -0.930. The van der Waals surface area contributed by atoms with E-state index in [0.717, 1.165) is 27.6 Å². The van der Waals surface area contributed by atoms with Crippen LogP contribution in [0.2, 0.25) is 5.02 Å². The number of ether oxygens (including phenoxy) is 2. The molecule has 3 nitrogen and oxygen atoms in total. The van der Waals surface area contributed by atoms with E-state index in [2.05, 4.69) is 0 Å². The molecule has 1 aliphatic heterocycles. The fourth-order valence-corrected chi connectivity index (χ4v) is 2.22. The van der Waals surface area contributed by atoms with E-state index in [1.54, 1.807) is 0 Å². The van der Waals surface area contributed by atoms with Crippen molar-refractivity contribution in [1.29, 1.82) is 0 Å². The summed E-state index contributed by atoms with van der Waals surface area (Å²) in [6, 6.07) is 1.94. The second kappa shape index (κ2) is 4.39. The van der Waals surface area contributed by atoms with Gasteiger partial charge in [0.25, 0.3) is 0 Å². The summed E-state index contributed by atoms with van der Waals surface area (Å²) in [6.07, 6.45) is 0.712. The molecule has 0 spiro atoms. The van der Waals surface area contributed by atoms with E-state index < -0.39 is 0 Å². The molecule has 0 bridgehead atoms. The highest BCUT2D eigenvalue weighted by atomic mass is 35.5. The molecule has 0 saturated heterocycles. The number of nitrogens with two attached hydrogens (primary N) is 1. The molecular formula is C13H18ClNO2. The Bertz CT molecular complexity index is 438. The van der Waals surface area contributed by atoms with Crippen molar-refractivity contribution in [2.24, 2.45) is 5.73 Å². The summed E-state index contributed by atoms with van der Waals surface area (Å²) in [5.74, 6) is 1.54. The fraction of sp³-hybridized carbons (Fsp3) is 0.538. The van der Waals surface area contributed by atoms with E-state index in [9.17, 15) is 0 Å². The van der Waals surface area contributed by atoms with Gasteiger partial charge in [-0.3, -0.25) is 0 Å². The minimum Gasteiger partial charge on any atom is -0.486 e. The predicted octanol–water partition coefficient (Wildman–Crippen LogP) is 2.70. The molecule has 1 aromatic carbocycles. The molecule has 0 fully saturated rings. The third-order valence-electron chi connectivity index (χ3n) is 2.71. The number of hydrogen-bond donors (Lipinski definition) is 1. The van der Waals surface area contributed by atoms with E-state index in [-0.39, 0.29) is 5.54 Å². The van der Waals surface area contributed by atoms with Crippen molar-refractivity contribution >= 4 is 11.6 Å². The van der Waals surface area contributed by atoms with Crippen molar-refractivity contribution in [3.8, 4) is 11.5 Å². The quantitative estimate of drug-likeness (QED) is 0.884. The van der Waals surface area contributed by atoms with Gasteiger partial charge in [0, 0.05) is 11.1 Å². The van der Waals surface area contributed by atoms with Gasteiger partial charge in [-0.25, -0.2) is 0 Å². The van der Waals surface area contributed by atoms with E-state index in [1.165, 1.54) is 0 Å². The molecule has 0 unspecified atom stereocenters. The van der Waals surface area contributed by atoms with E-state index in [4.69, 9.17) is 26.8 Å². The Balaban J connectivity index is 2.44. The summed E-state index contributed by atoms with van der Waals surface area (Å²) in [4.78, 5) is 0. The molecule has 0 atom stereocenters. The Morgan fingerprint density at radius 3 is 2.65 bits per heavy atom. The largest absolute Gasteiger partial charge is 0.486 e. The molecule has 4 heteroatoms. The van der Waals surface area contributed by atoms with Gasteiger partial charge in [0.15, 0.2) is 11.5 Å². The maximum atomic E-state index is 6.35. The van der Waals surface area contributed by atoms with Crippen LogP contribution in [-0.2, 0) is 6.42 Å². The van der Waals surface area contributed by atoms with Gasteiger partial charge in [0.2, 0.25) is 0 Å². The zero-order chi connectivity index (χ0) is 12.6. The van der Waals surface area contributed by atoms with Crippen LogP contribution in [0.1, 0.15) is 25.0 Å². The smallest absolute Gasteiger partial charge is 0.165 e. The Kier molecular flexibility index (Phi) is 3.23. The number of rotatable bonds is 2. The van der Waals surface area contributed by atoms with E-state index >= 15 is 0 Å². The lowest BCUT2D eigenvalue weighted by atomic mass is 9.94. The molecule has 0 aromatic heterocycles. The normalized spacial score (nSPS) is 14.9. The first kappa shape index (κ1) is 12.5. The molecule has 2 rings (SSSR count). The monoisotopic (exact) mass is 255 g/mol. The van der Waals surface area contributed by atoms with Crippen LogP contribution >= 0.6 is 11.6 Å². The molecule has 1 aliphatic rings. The molecule has 0 amide bonds. The van der Waals surface area contributed by atoms with Gasteiger partial charge in [0.1, 0.15) is 13.2 Å². The number of benzene rings is 1. The zero-order valence-corrected chi connectivity index (χ0v) is 11.2. The fourth-order valence-electron chi connectivity index (χ4n) is 2.01. The average molecular weight is 256 g/mol. The molecule has 17 heavy (non-hydrogen) atoms. The molecule has 0 radical (unpaired) electrons. The molecule has 2 N–H and O–H groups in total. The van der Waals surface area contributed by atoms with Crippen molar-refractivity contribution in [3.05, 3.63) is 22.2 Å². The minimum atomic E-state index is -0.292. The van der Waals surface area contributed by atoms with Crippen LogP contribution in [0.5, 0.6) is 11.5 Å². The maximum absolute atomic E-state index is 6.35. The van der Waals surface area contributed by atoms with Crippen LogP contribution < -0.4 is 15.2 Å². The number of halogens is 1.